The normalized spacial score (nSPS) is 24.2. The molecule has 0 radical (unpaired) electrons. The minimum atomic E-state index is -1.68. The summed E-state index contributed by atoms with van der Waals surface area (Å²) in [7, 11) is 0. The Labute approximate surface area is 216 Å². The molecule has 1 fully saturated rings. The van der Waals surface area contributed by atoms with Gasteiger partial charge in [-0.2, -0.15) is 0 Å². The molecule has 0 saturated carbocycles. The minimum Gasteiger partial charge on any atom is -0.504 e. The molecule has 1 aliphatic heterocycles. The highest BCUT2D eigenvalue weighted by molar-refractivity contribution is 5.89. The van der Waals surface area contributed by atoms with Gasteiger partial charge >= 0.3 is 11.9 Å². The first kappa shape index (κ1) is 28.7. The summed E-state index contributed by atoms with van der Waals surface area (Å²) in [5, 5.41) is 77.5. The van der Waals surface area contributed by atoms with Crippen molar-refractivity contribution >= 4 is 18.0 Å². The predicted octanol–water partition coefficient (Wildman–Crippen LogP) is -0.376. The van der Waals surface area contributed by atoms with Gasteiger partial charge in [0, 0.05) is 6.08 Å². The van der Waals surface area contributed by atoms with E-state index in [0.717, 1.165) is 6.08 Å². The number of rotatable bonds is 10. The molecule has 0 spiro atoms. The number of aliphatic hydroxyl groups excluding tert-OH is 4. The van der Waals surface area contributed by atoms with Crippen LogP contribution in [0.2, 0.25) is 0 Å². The van der Waals surface area contributed by atoms with Crippen LogP contribution in [-0.4, -0.2) is 96.2 Å². The number of hydrogen-bond donors (Lipinski definition) is 8. The van der Waals surface area contributed by atoms with E-state index in [4.69, 9.17) is 14.2 Å². The van der Waals surface area contributed by atoms with Gasteiger partial charge in [0.25, 0.3) is 0 Å². The Hall–Kier alpha value is -3.88. The van der Waals surface area contributed by atoms with Crippen LogP contribution in [0, 0.1) is 0 Å². The molecule has 2 aromatic rings. The van der Waals surface area contributed by atoms with Gasteiger partial charge in [-0.1, -0.05) is 12.1 Å². The van der Waals surface area contributed by atoms with Crippen molar-refractivity contribution in [2.75, 3.05) is 6.61 Å². The zero-order chi connectivity index (χ0) is 28.0. The van der Waals surface area contributed by atoms with Crippen LogP contribution in [0.1, 0.15) is 17.5 Å². The van der Waals surface area contributed by atoms with Crippen LogP contribution < -0.4 is 4.74 Å². The van der Waals surface area contributed by atoms with Crippen molar-refractivity contribution < 1.29 is 64.7 Å². The number of phenolic OH excluding ortho intramolecular Hbond substituents is 3. The van der Waals surface area contributed by atoms with Crippen LogP contribution in [0.15, 0.2) is 42.5 Å². The number of esters is 1. The van der Waals surface area contributed by atoms with Crippen LogP contribution in [0.3, 0.4) is 0 Å². The molecule has 206 valence electrons. The average molecular weight is 536 g/mol. The number of aliphatic hydroxyl groups is 4. The molecule has 1 saturated heterocycles. The summed E-state index contributed by atoms with van der Waals surface area (Å²) in [6, 6.07) is 7.89. The zero-order valence-corrected chi connectivity index (χ0v) is 19.8. The summed E-state index contributed by atoms with van der Waals surface area (Å²) >= 11 is 0. The van der Waals surface area contributed by atoms with Gasteiger partial charge < -0.3 is 55.1 Å². The third-order valence-corrected chi connectivity index (χ3v) is 5.76. The fourth-order valence-electron chi connectivity index (χ4n) is 3.63. The smallest absolute Gasteiger partial charge is 0.345 e. The van der Waals surface area contributed by atoms with E-state index in [-0.39, 0.29) is 30.1 Å². The molecule has 3 rings (SSSR count). The first-order valence-electron chi connectivity index (χ1n) is 11.4. The Bertz CT molecular complexity index is 1160. The monoisotopic (exact) mass is 536 g/mol. The molecule has 0 amide bonds. The summed E-state index contributed by atoms with van der Waals surface area (Å²) in [4.78, 5) is 23.7. The molecule has 6 unspecified atom stereocenters. The van der Waals surface area contributed by atoms with Gasteiger partial charge in [0.05, 0.1) is 6.61 Å². The number of aryl methyl sites for hydroxylation is 1. The number of aromatic hydroxyl groups is 3. The number of carboxylic acid groups (broad SMARTS) is 1. The number of carboxylic acids is 1. The Balaban J connectivity index is 1.59. The largest absolute Gasteiger partial charge is 0.504 e. The molecule has 13 heteroatoms. The second-order valence-corrected chi connectivity index (χ2v) is 8.50. The lowest BCUT2D eigenvalue weighted by Crippen LogP contribution is -2.60. The summed E-state index contributed by atoms with van der Waals surface area (Å²) in [5.74, 6) is -3.62. The Morgan fingerprint density at radius 3 is 2.32 bits per heavy atom. The van der Waals surface area contributed by atoms with Crippen LogP contribution in [0.5, 0.6) is 23.0 Å². The summed E-state index contributed by atoms with van der Waals surface area (Å²) in [6.45, 7) is -0.653. The van der Waals surface area contributed by atoms with Crippen LogP contribution in [-0.2, 0) is 25.5 Å². The van der Waals surface area contributed by atoms with Gasteiger partial charge in [-0.05, 0) is 54.3 Å². The van der Waals surface area contributed by atoms with Crippen LogP contribution in [0.25, 0.3) is 6.08 Å². The van der Waals surface area contributed by atoms with E-state index in [1.54, 1.807) is 0 Å². The third-order valence-electron chi connectivity index (χ3n) is 5.76. The van der Waals surface area contributed by atoms with Gasteiger partial charge in [-0.25, -0.2) is 9.59 Å². The van der Waals surface area contributed by atoms with Gasteiger partial charge in [0.2, 0.25) is 6.29 Å². The number of ether oxygens (including phenoxy) is 3. The van der Waals surface area contributed by atoms with Crippen LogP contribution >= 0.6 is 0 Å². The van der Waals surface area contributed by atoms with E-state index in [1.165, 1.54) is 42.5 Å². The average Bonchev–Trinajstić information content (AvgIpc) is 2.88. The Morgan fingerprint density at radius 1 is 0.947 bits per heavy atom. The van der Waals surface area contributed by atoms with Crippen molar-refractivity contribution in [3.05, 3.63) is 53.6 Å². The topological polar surface area (TPSA) is 224 Å². The molecule has 8 N–H and O–H groups in total. The molecular weight excluding hydrogens is 508 g/mol. The first-order chi connectivity index (χ1) is 18.0. The highest BCUT2D eigenvalue weighted by Gasteiger charge is 2.44. The van der Waals surface area contributed by atoms with E-state index in [2.05, 4.69) is 0 Å². The lowest BCUT2D eigenvalue weighted by Gasteiger charge is -2.39. The van der Waals surface area contributed by atoms with Crippen molar-refractivity contribution in [1.29, 1.82) is 0 Å². The molecule has 1 heterocycles. The van der Waals surface area contributed by atoms with Gasteiger partial charge in [0.15, 0.2) is 29.1 Å². The third kappa shape index (κ3) is 7.12. The van der Waals surface area contributed by atoms with E-state index in [1.807, 2.05) is 0 Å². The Morgan fingerprint density at radius 2 is 1.68 bits per heavy atom. The lowest BCUT2D eigenvalue weighted by molar-refractivity contribution is -0.277. The van der Waals surface area contributed by atoms with Crippen molar-refractivity contribution in [2.45, 2.75) is 49.7 Å². The maximum Gasteiger partial charge on any atom is 0.345 e. The highest BCUT2D eigenvalue weighted by Crippen LogP contribution is 2.31. The molecule has 38 heavy (non-hydrogen) atoms. The molecular formula is C25H28O13. The van der Waals surface area contributed by atoms with Crippen molar-refractivity contribution in [2.24, 2.45) is 0 Å². The number of carbonyl (C=O) groups excluding carboxylic acids is 1. The molecule has 0 bridgehead atoms. The highest BCUT2D eigenvalue weighted by atomic mass is 16.7. The Kier molecular flexibility index (Phi) is 9.50. The summed E-state index contributed by atoms with van der Waals surface area (Å²) in [6.07, 6.45) is -6.85. The quantitative estimate of drug-likeness (QED) is 0.110. The molecule has 2 aromatic carbocycles. The van der Waals surface area contributed by atoms with Gasteiger partial charge in [0.1, 0.15) is 24.4 Å². The standard InChI is InChI=1S/C25H28O13/c26-11-19-21(31)22(32)23(33)25(38-19)37-17-6-2-13(10-16(17)29)4-8-20(30)36-18(24(34)35)7-3-12-1-5-14(27)15(28)9-12/h1-2,4-6,8-10,18-19,21-23,25-29,31-33H,3,7,11H2,(H,34,35)/b8-4+. The molecule has 0 aliphatic carbocycles. The SMILES string of the molecule is O=C(/C=C/c1ccc(OC2OC(CO)C(O)C(O)C2O)c(O)c1)OC(CCc1ccc(O)c(O)c1)C(=O)O. The zero-order valence-electron chi connectivity index (χ0n) is 19.8. The fourth-order valence-corrected chi connectivity index (χ4v) is 3.63. The maximum absolute atomic E-state index is 12.2. The summed E-state index contributed by atoms with van der Waals surface area (Å²) < 4.78 is 15.6. The molecule has 0 aromatic heterocycles. The predicted molar refractivity (Wildman–Crippen MR) is 127 cm³/mol. The molecule has 1 aliphatic rings. The van der Waals surface area contributed by atoms with Crippen molar-refractivity contribution in [1.82, 2.24) is 0 Å². The second kappa shape index (κ2) is 12.6. The minimum absolute atomic E-state index is 0.0933. The first-order valence-corrected chi connectivity index (χ1v) is 11.4. The van der Waals surface area contributed by atoms with Gasteiger partial charge in [-0.15, -0.1) is 0 Å². The summed E-state index contributed by atoms with van der Waals surface area (Å²) in [5.41, 5.74) is 0.826. The number of phenols is 3. The number of carbonyl (C=O) groups is 2. The van der Waals surface area contributed by atoms with E-state index in [0.29, 0.717) is 11.1 Å². The fraction of sp³-hybridized carbons (Fsp3) is 0.360. The number of benzene rings is 2. The van der Waals surface area contributed by atoms with E-state index >= 15 is 0 Å². The lowest BCUT2D eigenvalue weighted by atomic mass is 9.99. The number of aliphatic carboxylic acids is 1. The van der Waals surface area contributed by atoms with Crippen molar-refractivity contribution in [3.8, 4) is 23.0 Å². The maximum atomic E-state index is 12.2. The van der Waals surface area contributed by atoms with E-state index < -0.39 is 61.1 Å². The van der Waals surface area contributed by atoms with Crippen molar-refractivity contribution in [3.63, 3.8) is 0 Å². The van der Waals surface area contributed by atoms with E-state index in [9.17, 15) is 50.4 Å². The second-order valence-electron chi connectivity index (χ2n) is 8.50. The van der Waals surface area contributed by atoms with Crippen LogP contribution in [0.4, 0.5) is 0 Å². The number of hydrogen-bond acceptors (Lipinski definition) is 12. The van der Waals surface area contributed by atoms with Gasteiger partial charge in [-0.3, -0.25) is 0 Å². The molecule has 6 atom stereocenters. The molecule has 13 nitrogen and oxygen atoms in total.